The predicted octanol–water partition coefficient (Wildman–Crippen LogP) is 3.03. The van der Waals surface area contributed by atoms with Crippen LogP contribution in [0.4, 0.5) is 11.4 Å². The van der Waals surface area contributed by atoms with Crippen LogP contribution in [0.25, 0.3) is 10.9 Å². The van der Waals surface area contributed by atoms with Crippen molar-refractivity contribution in [2.24, 2.45) is 0 Å². The van der Waals surface area contributed by atoms with Gasteiger partial charge in [0.2, 0.25) is 0 Å². The fourth-order valence-electron chi connectivity index (χ4n) is 2.43. The van der Waals surface area contributed by atoms with E-state index in [1.165, 1.54) is 18.3 Å². The molecular formula is C18H12N4O4. The van der Waals surface area contributed by atoms with Crippen molar-refractivity contribution < 1.29 is 14.5 Å². The molecule has 128 valence electrons. The molecule has 8 nitrogen and oxygen atoms in total. The molecule has 3 rings (SSSR count). The Kier molecular flexibility index (Phi) is 4.71. The van der Waals surface area contributed by atoms with Gasteiger partial charge in [0.05, 0.1) is 21.6 Å². The number of nitro benzene ring substituents is 1. The zero-order valence-electron chi connectivity index (χ0n) is 13.4. The summed E-state index contributed by atoms with van der Waals surface area (Å²) in [5.74, 6) is -0.204. The highest BCUT2D eigenvalue weighted by Crippen LogP contribution is 2.31. The minimum absolute atomic E-state index is 0.0900. The smallest absolute Gasteiger partial charge is 0.279 e. The van der Waals surface area contributed by atoms with Gasteiger partial charge in [0, 0.05) is 12.3 Å². The minimum atomic E-state index is -0.501. The van der Waals surface area contributed by atoms with E-state index in [0.717, 1.165) is 0 Å². The number of nitro groups is 1. The molecule has 8 heteroatoms. The first kappa shape index (κ1) is 16.9. The van der Waals surface area contributed by atoms with Gasteiger partial charge in [0.1, 0.15) is 17.3 Å². The number of anilines is 1. The van der Waals surface area contributed by atoms with E-state index in [1.54, 1.807) is 36.4 Å². The fourth-order valence-corrected chi connectivity index (χ4v) is 2.43. The Morgan fingerprint density at radius 3 is 2.81 bits per heavy atom. The van der Waals surface area contributed by atoms with Crippen LogP contribution in [0.15, 0.2) is 54.7 Å². The first-order valence-corrected chi connectivity index (χ1v) is 7.54. The summed E-state index contributed by atoms with van der Waals surface area (Å²) in [6.45, 7) is -0.330. The standard InChI is InChI=1S/C18H12N4O4/c19-10-12-4-1-2-6-14(12)21-17(23)11-26-16-8-7-15(22(24)25)13-5-3-9-20-18(13)16/h1-9H,11H2,(H,21,23). The molecule has 26 heavy (non-hydrogen) atoms. The van der Waals surface area contributed by atoms with Crippen molar-refractivity contribution in [1.29, 1.82) is 5.26 Å². The summed E-state index contributed by atoms with van der Waals surface area (Å²) in [7, 11) is 0. The number of nitrogens with one attached hydrogen (secondary N) is 1. The van der Waals surface area contributed by atoms with Crippen LogP contribution >= 0.6 is 0 Å². The van der Waals surface area contributed by atoms with Crippen molar-refractivity contribution in [3.63, 3.8) is 0 Å². The van der Waals surface area contributed by atoms with E-state index in [4.69, 9.17) is 10.00 Å². The highest BCUT2D eigenvalue weighted by molar-refractivity contribution is 5.95. The second-order valence-corrected chi connectivity index (χ2v) is 5.23. The fraction of sp³-hybridized carbons (Fsp3) is 0.0556. The molecule has 0 unspecified atom stereocenters. The maximum absolute atomic E-state index is 12.1. The monoisotopic (exact) mass is 348 g/mol. The highest BCUT2D eigenvalue weighted by atomic mass is 16.6. The number of rotatable bonds is 5. The lowest BCUT2D eigenvalue weighted by atomic mass is 10.1. The molecule has 0 radical (unpaired) electrons. The first-order valence-electron chi connectivity index (χ1n) is 7.54. The van der Waals surface area contributed by atoms with Gasteiger partial charge in [-0.15, -0.1) is 0 Å². The number of ether oxygens (including phenoxy) is 1. The molecule has 2 aromatic carbocycles. The number of aromatic nitrogens is 1. The molecule has 1 heterocycles. The number of fused-ring (bicyclic) bond motifs is 1. The van der Waals surface area contributed by atoms with Gasteiger partial charge >= 0.3 is 0 Å². The lowest BCUT2D eigenvalue weighted by molar-refractivity contribution is -0.383. The average molecular weight is 348 g/mol. The molecule has 0 aliphatic carbocycles. The number of hydrogen-bond donors (Lipinski definition) is 1. The van der Waals surface area contributed by atoms with E-state index in [-0.39, 0.29) is 18.0 Å². The maximum Gasteiger partial charge on any atom is 0.279 e. The van der Waals surface area contributed by atoms with Gasteiger partial charge in [0.25, 0.3) is 11.6 Å². The average Bonchev–Trinajstić information content (AvgIpc) is 2.66. The van der Waals surface area contributed by atoms with E-state index in [1.807, 2.05) is 6.07 Å². The normalized spacial score (nSPS) is 10.1. The first-order chi connectivity index (χ1) is 12.6. The van der Waals surface area contributed by atoms with E-state index in [9.17, 15) is 14.9 Å². The van der Waals surface area contributed by atoms with Crippen LogP contribution in [0.3, 0.4) is 0 Å². The minimum Gasteiger partial charge on any atom is -0.481 e. The Morgan fingerprint density at radius 2 is 2.04 bits per heavy atom. The molecule has 0 saturated carbocycles. The summed E-state index contributed by atoms with van der Waals surface area (Å²) in [5.41, 5.74) is 0.929. The molecule has 1 aromatic heterocycles. The van der Waals surface area contributed by atoms with Crippen molar-refractivity contribution in [1.82, 2.24) is 4.98 Å². The van der Waals surface area contributed by atoms with Gasteiger partial charge in [-0.25, -0.2) is 0 Å². The zero-order valence-corrected chi connectivity index (χ0v) is 13.4. The van der Waals surface area contributed by atoms with Crippen LogP contribution in [-0.2, 0) is 4.79 Å². The number of non-ortho nitro benzene ring substituents is 1. The summed E-state index contributed by atoms with van der Waals surface area (Å²) in [6.07, 6.45) is 1.49. The van der Waals surface area contributed by atoms with Gasteiger partial charge in [-0.2, -0.15) is 5.26 Å². The predicted molar refractivity (Wildman–Crippen MR) is 93.7 cm³/mol. The third-order valence-corrected chi connectivity index (χ3v) is 3.59. The van der Waals surface area contributed by atoms with Crippen LogP contribution in [0, 0.1) is 21.4 Å². The van der Waals surface area contributed by atoms with Crippen LogP contribution < -0.4 is 10.1 Å². The number of benzene rings is 2. The molecule has 3 aromatic rings. The highest BCUT2D eigenvalue weighted by Gasteiger charge is 2.16. The number of carbonyl (C=O) groups is 1. The summed E-state index contributed by atoms with van der Waals surface area (Å²) >= 11 is 0. The number of hydrogen-bond acceptors (Lipinski definition) is 6. The number of amides is 1. The molecule has 1 amide bonds. The molecule has 1 N–H and O–H groups in total. The quantitative estimate of drug-likeness (QED) is 0.559. The summed E-state index contributed by atoms with van der Waals surface area (Å²) in [5, 5.41) is 23.1. The number of para-hydroxylation sites is 1. The topological polar surface area (TPSA) is 118 Å². The summed E-state index contributed by atoms with van der Waals surface area (Å²) < 4.78 is 5.48. The van der Waals surface area contributed by atoms with Crippen LogP contribution in [0.2, 0.25) is 0 Å². The zero-order chi connectivity index (χ0) is 18.5. The Morgan fingerprint density at radius 1 is 1.23 bits per heavy atom. The number of carbonyl (C=O) groups excluding carboxylic acids is 1. The van der Waals surface area contributed by atoms with E-state index < -0.39 is 10.8 Å². The van der Waals surface area contributed by atoms with Gasteiger partial charge in [0.15, 0.2) is 6.61 Å². The van der Waals surface area contributed by atoms with Crippen molar-refractivity contribution in [3.8, 4) is 11.8 Å². The van der Waals surface area contributed by atoms with Crippen LogP contribution in [0.1, 0.15) is 5.56 Å². The number of pyridine rings is 1. The maximum atomic E-state index is 12.1. The Bertz CT molecular complexity index is 1040. The van der Waals surface area contributed by atoms with Gasteiger partial charge in [-0.05, 0) is 30.3 Å². The van der Waals surface area contributed by atoms with Gasteiger partial charge in [-0.1, -0.05) is 12.1 Å². The Labute approximate surface area is 147 Å². The Balaban J connectivity index is 1.78. The second-order valence-electron chi connectivity index (χ2n) is 5.23. The third-order valence-electron chi connectivity index (χ3n) is 3.59. The van der Waals surface area contributed by atoms with Crippen molar-refractivity contribution >= 4 is 28.2 Å². The molecule has 0 bridgehead atoms. The van der Waals surface area contributed by atoms with Crippen molar-refractivity contribution in [3.05, 3.63) is 70.4 Å². The van der Waals surface area contributed by atoms with Gasteiger partial charge < -0.3 is 10.1 Å². The molecule has 0 aliphatic rings. The van der Waals surface area contributed by atoms with Crippen molar-refractivity contribution in [2.45, 2.75) is 0 Å². The SMILES string of the molecule is N#Cc1ccccc1NC(=O)COc1ccc([N+](=O)[O-])c2cccnc12. The van der Waals surface area contributed by atoms with Crippen LogP contribution in [-0.4, -0.2) is 22.4 Å². The lowest BCUT2D eigenvalue weighted by Crippen LogP contribution is -2.20. The van der Waals surface area contributed by atoms with E-state index in [2.05, 4.69) is 10.3 Å². The second kappa shape index (κ2) is 7.27. The van der Waals surface area contributed by atoms with Crippen LogP contribution in [0.5, 0.6) is 5.75 Å². The van der Waals surface area contributed by atoms with Gasteiger partial charge in [-0.3, -0.25) is 19.9 Å². The lowest BCUT2D eigenvalue weighted by Gasteiger charge is -2.10. The molecule has 0 spiro atoms. The molecule has 0 saturated heterocycles. The summed E-state index contributed by atoms with van der Waals surface area (Å²) in [4.78, 5) is 26.8. The molecule has 0 fully saturated rings. The molecule has 0 atom stereocenters. The van der Waals surface area contributed by atoms with E-state index >= 15 is 0 Å². The van der Waals surface area contributed by atoms with E-state index in [0.29, 0.717) is 22.2 Å². The molecule has 0 aliphatic heterocycles. The number of nitrogens with zero attached hydrogens (tertiary/aromatic N) is 3. The molecular weight excluding hydrogens is 336 g/mol. The third kappa shape index (κ3) is 3.42. The Hall–Kier alpha value is -3.99. The summed E-state index contributed by atoms with van der Waals surface area (Å²) in [6, 6.07) is 14.4. The largest absolute Gasteiger partial charge is 0.481 e. The van der Waals surface area contributed by atoms with Crippen molar-refractivity contribution in [2.75, 3.05) is 11.9 Å². The number of nitriles is 1.